The quantitative estimate of drug-likeness (QED) is 0.565. The van der Waals surface area contributed by atoms with Gasteiger partial charge in [-0.1, -0.05) is 18.2 Å². The summed E-state index contributed by atoms with van der Waals surface area (Å²) in [6.45, 7) is 4.90. The second-order valence-corrected chi connectivity index (χ2v) is 7.94. The summed E-state index contributed by atoms with van der Waals surface area (Å²) in [5.74, 6) is 1.16. The number of aryl methyl sites for hydroxylation is 2. The number of nitrogen functional groups attached to an aromatic ring is 1. The van der Waals surface area contributed by atoms with Crippen molar-refractivity contribution < 1.29 is 14.3 Å². The molecule has 1 fully saturated rings. The molecule has 2 aromatic heterocycles. The Morgan fingerprint density at radius 2 is 2.00 bits per heavy atom. The summed E-state index contributed by atoms with van der Waals surface area (Å²) in [5, 5.41) is 7.20. The Kier molecular flexibility index (Phi) is 6.20. The summed E-state index contributed by atoms with van der Waals surface area (Å²) in [6, 6.07) is 9.19. The predicted octanol–water partition coefficient (Wildman–Crippen LogP) is 1.05. The lowest BCUT2D eigenvalue weighted by Gasteiger charge is -2.17. The number of fused-ring (bicyclic) bond motifs is 1. The SMILES string of the molecule is Cc1nc2nc(N)nn2c(C)c1CCC(=O)NC1CCN(C(=O)COc2ccccc2)C1. The van der Waals surface area contributed by atoms with Gasteiger partial charge in [0.25, 0.3) is 11.7 Å². The van der Waals surface area contributed by atoms with E-state index in [1.807, 2.05) is 44.2 Å². The third-order valence-electron chi connectivity index (χ3n) is 5.68. The van der Waals surface area contributed by atoms with Crippen molar-refractivity contribution >= 4 is 23.5 Å². The minimum Gasteiger partial charge on any atom is -0.484 e. The van der Waals surface area contributed by atoms with E-state index in [1.165, 1.54) is 0 Å². The molecule has 4 rings (SSSR count). The van der Waals surface area contributed by atoms with Gasteiger partial charge in [0.2, 0.25) is 11.9 Å². The number of benzene rings is 1. The number of amides is 2. The highest BCUT2D eigenvalue weighted by Gasteiger charge is 2.27. The number of hydrogen-bond acceptors (Lipinski definition) is 7. The van der Waals surface area contributed by atoms with Crippen molar-refractivity contribution in [1.82, 2.24) is 29.8 Å². The van der Waals surface area contributed by atoms with Gasteiger partial charge in [0, 0.05) is 36.9 Å². The minimum absolute atomic E-state index is 0.00842. The molecule has 1 saturated heterocycles. The predicted molar refractivity (Wildman–Crippen MR) is 118 cm³/mol. The van der Waals surface area contributed by atoms with E-state index in [1.54, 1.807) is 9.42 Å². The lowest BCUT2D eigenvalue weighted by Crippen LogP contribution is -2.39. The molecule has 1 aliphatic heterocycles. The fourth-order valence-electron chi connectivity index (χ4n) is 3.98. The number of nitrogens with two attached hydrogens (primary N) is 1. The highest BCUT2D eigenvalue weighted by Crippen LogP contribution is 2.17. The number of anilines is 1. The molecule has 1 atom stereocenters. The van der Waals surface area contributed by atoms with Crippen LogP contribution >= 0.6 is 0 Å². The fraction of sp³-hybridized carbons (Fsp3) is 0.409. The number of nitrogens with zero attached hydrogens (tertiary/aromatic N) is 5. The maximum atomic E-state index is 12.5. The van der Waals surface area contributed by atoms with E-state index in [-0.39, 0.29) is 30.4 Å². The van der Waals surface area contributed by atoms with Crippen molar-refractivity contribution in [3.05, 3.63) is 47.3 Å². The van der Waals surface area contributed by atoms with Crippen LogP contribution in [0.25, 0.3) is 5.78 Å². The maximum Gasteiger partial charge on any atom is 0.260 e. The molecule has 0 radical (unpaired) electrons. The molecular formula is C22H27N7O3. The van der Waals surface area contributed by atoms with Gasteiger partial charge in [0.1, 0.15) is 5.75 Å². The number of hydrogen-bond donors (Lipinski definition) is 2. The molecule has 0 saturated carbocycles. The Morgan fingerprint density at radius 1 is 1.22 bits per heavy atom. The van der Waals surface area contributed by atoms with Gasteiger partial charge < -0.3 is 20.7 Å². The van der Waals surface area contributed by atoms with Gasteiger partial charge in [0.15, 0.2) is 6.61 Å². The molecule has 3 aromatic rings. The van der Waals surface area contributed by atoms with E-state index in [4.69, 9.17) is 10.5 Å². The zero-order valence-corrected chi connectivity index (χ0v) is 18.2. The van der Waals surface area contributed by atoms with E-state index in [9.17, 15) is 9.59 Å². The highest BCUT2D eigenvalue weighted by atomic mass is 16.5. The van der Waals surface area contributed by atoms with E-state index >= 15 is 0 Å². The smallest absolute Gasteiger partial charge is 0.260 e. The molecule has 10 nitrogen and oxygen atoms in total. The second-order valence-electron chi connectivity index (χ2n) is 7.94. The first kappa shape index (κ1) is 21.5. The number of nitrogens with one attached hydrogen (secondary N) is 1. The van der Waals surface area contributed by atoms with Gasteiger partial charge in [-0.05, 0) is 44.4 Å². The van der Waals surface area contributed by atoms with Crippen LogP contribution in [0.1, 0.15) is 29.8 Å². The van der Waals surface area contributed by atoms with E-state index in [2.05, 4.69) is 20.4 Å². The Bertz CT molecular complexity index is 1130. The summed E-state index contributed by atoms with van der Waals surface area (Å²) in [4.78, 5) is 35.2. The average Bonchev–Trinajstić information content (AvgIpc) is 3.38. The van der Waals surface area contributed by atoms with Crippen LogP contribution in [-0.2, 0) is 16.0 Å². The topological polar surface area (TPSA) is 128 Å². The summed E-state index contributed by atoms with van der Waals surface area (Å²) in [7, 11) is 0. The Morgan fingerprint density at radius 3 is 2.78 bits per heavy atom. The van der Waals surface area contributed by atoms with Gasteiger partial charge in [-0.15, -0.1) is 5.10 Å². The zero-order chi connectivity index (χ0) is 22.7. The van der Waals surface area contributed by atoms with Crippen molar-refractivity contribution in [3.63, 3.8) is 0 Å². The van der Waals surface area contributed by atoms with Gasteiger partial charge >= 0.3 is 0 Å². The number of aromatic nitrogens is 4. The number of likely N-dealkylation sites (tertiary alicyclic amines) is 1. The minimum atomic E-state index is -0.0802. The van der Waals surface area contributed by atoms with Gasteiger partial charge in [-0.3, -0.25) is 9.59 Å². The molecular weight excluding hydrogens is 410 g/mol. The van der Waals surface area contributed by atoms with E-state index in [0.29, 0.717) is 37.5 Å². The zero-order valence-electron chi connectivity index (χ0n) is 18.2. The Balaban J connectivity index is 1.26. The molecule has 1 unspecified atom stereocenters. The van der Waals surface area contributed by atoms with Crippen LogP contribution in [0.3, 0.4) is 0 Å². The molecule has 3 heterocycles. The molecule has 0 bridgehead atoms. The van der Waals surface area contributed by atoms with E-state index in [0.717, 1.165) is 23.4 Å². The van der Waals surface area contributed by atoms with Crippen molar-refractivity contribution in [1.29, 1.82) is 0 Å². The number of carbonyl (C=O) groups excluding carboxylic acids is 2. The van der Waals surface area contributed by atoms with Crippen molar-refractivity contribution in [2.24, 2.45) is 0 Å². The Labute approximate surface area is 185 Å². The van der Waals surface area contributed by atoms with Crippen LogP contribution in [0, 0.1) is 13.8 Å². The first-order valence-electron chi connectivity index (χ1n) is 10.6. The molecule has 10 heteroatoms. The fourth-order valence-corrected chi connectivity index (χ4v) is 3.98. The first-order valence-corrected chi connectivity index (χ1v) is 10.6. The molecule has 32 heavy (non-hydrogen) atoms. The Hall–Kier alpha value is -3.69. The second kappa shape index (κ2) is 9.21. The lowest BCUT2D eigenvalue weighted by molar-refractivity contribution is -0.132. The van der Waals surface area contributed by atoms with Gasteiger partial charge in [0.05, 0.1) is 0 Å². The molecule has 0 aliphatic carbocycles. The number of para-hydroxylation sites is 1. The average molecular weight is 438 g/mol. The van der Waals surface area contributed by atoms with Gasteiger partial charge in [-0.25, -0.2) is 4.98 Å². The summed E-state index contributed by atoms with van der Waals surface area (Å²) in [6.07, 6.45) is 1.58. The van der Waals surface area contributed by atoms with Crippen LogP contribution in [0.4, 0.5) is 5.95 Å². The van der Waals surface area contributed by atoms with Crippen LogP contribution in [0.2, 0.25) is 0 Å². The van der Waals surface area contributed by atoms with Crippen LogP contribution in [0.15, 0.2) is 30.3 Å². The highest BCUT2D eigenvalue weighted by molar-refractivity contribution is 5.79. The van der Waals surface area contributed by atoms with Crippen LogP contribution in [0.5, 0.6) is 5.75 Å². The van der Waals surface area contributed by atoms with E-state index < -0.39 is 0 Å². The lowest BCUT2D eigenvalue weighted by atomic mass is 10.1. The van der Waals surface area contributed by atoms with Gasteiger partial charge in [-0.2, -0.15) is 9.50 Å². The number of rotatable bonds is 7. The monoisotopic (exact) mass is 437 g/mol. The van der Waals surface area contributed by atoms with Crippen LogP contribution in [-0.4, -0.2) is 62.0 Å². The largest absolute Gasteiger partial charge is 0.484 e. The molecule has 168 valence electrons. The maximum absolute atomic E-state index is 12.5. The molecule has 2 amide bonds. The van der Waals surface area contributed by atoms with Crippen molar-refractivity contribution in [3.8, 4) is 5.75 Å². The third-order valence-corrected chi connectivity index (χ3v) is 5.68. The number of ether oxygens (including phenoxy) is 1. The molecule has 1 aliphatic rings. The normalized spacial score (nSPS) is 15.8. The first-order chi connectivity index (χ1) is 15.4. The third kappa shape index (κ3) is 4.79. The standard InChI is InChI=1S/C22H27N7O3/c1-14-18(15(2)29-22(24-14)26-21(23)27-29)8-9-19(30)25-16-10-11-28(12-16)20(31)13-32-17-6-4-3-5-7-17/h3-7,16H,8-13H2,1-2H3,(H2,23,27)(H,25,30). The van der Waals surface area contributed by atoms with Crippen molar-refractivity contribution in [2.75, 3.05) is 25.4 Å². The molecule has 0 spiro atoms. The van der Waals surface area contributed by atoms with Crippen molar-refractivity contribution in [2.45, 2.75) is 39.2 Å². The van der Waals surface area contributed by atoms with Crippen LogP contribution < -0.4 is 15.8 Å². The summed E-state index contributed by atoms with van der Waals surface area (Å²) >= 11 is 0. The molecule has 1 aromatic carbocycles. The molecule has 3 N–H and O–H groups in total. The summed E-state index contributed by atoms with van der Waals surface area (Å²) < 4.78 is 7.14. The summed E-state index contributed by atoms with van der Waals surface area (Å²) in [5.41, 5.74) is 8.32. The number of carbonyl (C=O) groups is 2.